The van der Waals surface area contributed by atoms with Crippen LogP contribution in [0.1, 0.15) is 25.8 Å². The molecule has 0 fully saturated rings. The quantitative estimate of drug-likeness (QED) is 0.863. The molecule has 1 aliphatic carbocycles. The van der Waals surface area contributed by atoms with Gasteiger partial charge in [0.1, 0.15) is 11.0 Å². The van der Waals surface area contributed by atoms with Crippen molar-refractivity contribution in [1.29, 1.82) is 0 Å². The van der Waals surface area contributed by atoms with Gasteiger partial charge < -0.3 is 10.2 Å². The van der Waals surface area contributed by atoms with E-state index in [2.05, 4.69) is 31.4 Å². The Morgan fingerprint density at radius 3 is 2.65 bits per heavy atom. The number of hydrogen-bond donors (Lipinski definition) is 1. The summed E-state index contributed by atoms with van der Waals surface area (Å²) in [6.45, 7) is 11.9. The topological polar surface area (TPSA) is 39.2 Å². The Hall–Kier alpha value is -2.06. The van der Waals surface area contributed by atoms with Crippen molar-refractivity contribution in [3.63, 3.8) is 0 Å². The summed E-state index contributed by atoms with van der Waals surface area (Å²) >= 11 is 0. The molecule has 1 unspecified atom stereocenters. The fourth-order valence-corrected chi connectivity index (χ4v) is 2.28. The fraction of sp³-hybridized carbons (Fsp3) is 0.222. The predicted octanol–water partition coefficient (Wildman–Crippen LogP) is 2.95. The smallest absolute Gasteiger partial charge is 0.143 e. The molecule has 104 valence electrons. The molecule has 20 heavy (non-hydrogen) atoms. The second-order valence-corrected chi connectivity index (χ2v) is 4.60. The van der Waals surface area contributed by atoms with Crippen molar-refractivity contribution in [3.8, 4) is 0 Å². The predicted molar refractivity (Wildman–Crippen MR) is 87.6 cm³/mol. The number of para-hydroxylation sites is 1. The monoisotopic (exact) mass is 267 g/mol. The summed E-state index contributed by atoms with van der Waals surface area (Å²) in [5.74, 6) is 0. The molecule has 2 heteroatoms. The molecule has 1 aliphatic rings. The molecule has 2 N–H and O–H groups in total. The molecule has 1 atom stereocenters. The summed E-state index contributed by atoms with van der Waals surface area (Å²) in [6, 6.07) is 6.21. The van der Waals surface area contributed by atoms with Gasteiger partial charge in [-0.3, -0.25) is 0 Å². The average molecular weight is 267 g/mol. The van der Waals surface area contributed by atoms with Crippen molar-refractivity contribution in [2.45, 2.75) is 26.3 Å². The first kappa shape index (κ1) is 14.4. The van der Waals surface area contributed by atoms with Crippen LogP contribution in [0.25, 0.3) is 29.7 Å². The van der Waals surface area contributed by atoms with Gasteiger partial charge in [-0.05, 0) is 12.0 Å². The summed E-state index contributed by atoms with van der Waals surface area (Å²) < 4.78 is 5.73. The van der Waals surface area contributed by atoms with E-state index >= 15 is 0 Å². The molecule has 0 saturated carbocycles. The molecular formula is C18H21NO. The maximum Gasteiger partial charge on any atom is 0.143 e. The third kappa shape index (κ3) is 2.47. The maximum absolute atomic E-state index is 5.84. The summed E-state index contributed by atoms with van der Waals surface area (Å²) in [7, 11) is 0. The van der Waals surface area contributed by atoms with Crippen molar-refractivity contribution in [2.75, 3.05) is 0 Å². The molecule has 0 bridgehead atoms. The molecule has 0 saturated heterocycles. The zero-order valence-corrected chi connectivity index (χ0v) is 12.1. The molecule has 3 rings (SSSR count). The van der Waals surface area contributed by atoms with E-state index in [0.29, 0.717) is 5.42 Å². The van der Waals surface area contributed by atoms with Crippen LogP contribution >= 0.6 is 0 Å². The first-order valence-electron chi connectivity index (χ1n) is 7.00. The highest BCUT2D eigenvalue weighted by molar-refractivity contribution is 5.93. The van der Waals surface area contributed by atoms with Crippen LogP contribution in [0, 0.1) is 0 Å². The molecular weight excluding hydrogens is 246 g/mol. The Morgan fingerprint density at radius 2 is 2.00 bits per heavy atom. The van der Waals surface area contributed by atoms with Crippen molar-refractivity contribution < 1.29 is 4.42 Å². The number of rotatable bonds is 1. The minimum Gasteiger partial charge on any atom is -0.456 e. The van der Waals surface area contributed by atoms with E-state index in [1.165, 1.54) is 0 Å². The lowest BCUT2D eigenvalue weighted by Crippen LogP contribution is -2.17. The van der Waals surface area contributed by atoms with Gasteiger partial charge in [0.25, 0.3) is 0 Å². The fourth-order valence-electron chi connectivity index (χ4n) is 2.28. The number of fused-ring (bicyclic) bond motifs is 1. The lowest BCUT2D eigenvalue weighted by Gasteiger charge is -2.12. The normalized spacial score (nSPS) is 17.6. The largest absolute Gasteiger partial charge is 0.456 e. The lowest BCUT2D eigenvalue weighted by atomic mass is 9.96. The molecule has 0 spiro atoms. The zero-order chi connectivity index (χ0) is 14.7. The van der Waals surface area contributed by atoms with Gasteiger partial charge in [-0.25, -0.2) is 0 Å². The molecule has 1 heterocycles. The number of hydrogen-bond acceptors (Lipinski definition) is 2. The second-order valence-electron chi connectivity index (χ2n) is 4.60. The standard InChI is InChI=1S/C16H15NO.C2H6/c1-10-11(2)18-16-14(10)4-3-5-15(16)12-6-8-13(17)9-7-12;1-2/h3-8,13H,1-2,9,17H2;1-2H3. The highest BCUT2D eigenvalue weighted by Gasteiger charge is 2.11. The third-order valence-corrected chi connectivity index (χ3v) is 3.35. The first-order chi connectivity index (χ1) is 9.66. The minimum absolute atomic E-state index is 0.122. The summed E-state index contributed by atoms with van der Waals surface area (Å²) in [5.41, 5.74) is 9.56. The number of furan rings is 1. The van der Waals surface area contributed by atoms with Crippen LogP contribution in [0.5, 0.6) is 0 Å². The molecule has 2 nitrogen and oxygen atoms in total. The van der Waals surface area contributed by atoms with Gasteiger partial charge in [-0.1, -0.05) is 63.4 Å². The van der Waals surface area contributed by atoms with Crippen molar-refractivity contribution in [3.05, 3.63) is 52.6 Å². The van der Waals surface area contributed by atoms with Crippen LogP contribution in [0.3, 0.4) is 0 Å². The van der Waals surface area contributed by atoms with Gasteiger partial charge in [0.2, 0.25) is 0 Å². The Balaban J connectivity index is 0.000000704. The van der Waals surface area contributed by atoms with Crippen molar-refractivity contribution in [1.82, 2.24) is 0 Å². The molecule has 2 aromatic rings. The van der Waals surface area contributed by atoms with E-state index in [1.807, 2.05) is 32.1 Å². The zero-order valence-electron chi connectivity index (χ0n) is 12.1. The van der Waals surface area contributed by atoms with Crippen molar-refractivity contribution in [2.24, 2.45) is 5.73 Å². The van der Waals surface area contributed by atoms with E-state index in [9.17, 15) is 0 Å². The second kappa shape index (κ2) is 5.93. The molecule has 0 radical (unpaired) electrons. The summed E-state index contributed by atoms with van der Waals surface area (Å²) in [4.78, 5) is 0. The SMILES string of the molecule is C=c1oc2c(C3=CCC(N)C=C3)cccc2c1=C.CC. The van der Waals surface area contributed by atoms with E-state index in [1.54, 1.807) is 0 Å². The summed E-state index contributed by atoms with van der Waals surface area (Å²) in [6.07, 6.45) is 7.08. The maximum atomic E-state index is 5.84. The van der Waals surface area contributed by atoms with E-state index < -0.39 is 0 Å². The Kier molecular flexibility index (Phi) is 4.26. The van der Waals surface area contributed by atoms with Crippen LogP contribution in [0.4, 0.5) is 0 Å². The van der Waals surface area contributed by atoms with Gasteiger partial charge in [0.15, 0.2) is 0 Å². The highest BCUT2D eigenvalue weighted by Crippen LogP contribution is 2.26. The Morgan fingerprint density at radius 1 is 1.25 bits per heavy atom. The van der Waals surface area contributed by atoms with Crippen LogP contribution in [-0.2, 0) is 0 Å². The molecule has 0 amide bonds. The van der Waals surface area contributed by atoms with Crippen molar-refractivity contribution >= 4 is 29.7 Å². The van der Waals surface area contributed by atoms with Gasteiger partial charge in [-0.15, -0.1) is 0 Å². The first-order valence-corrected chi connectivity index (χ1v) is 7.00. The van der Waals surface area contributed by atoms with E-state index in [4.69, 9.17) is 10.2 Å². The van der Waals surface area contributed by atoms with Gasteiger partial charge in [0.05, 0.1) is 0 Å². The van der Waals surface area contributed by atoms with Gasteiger partial charge in [-0.2, -0.15) is 0 Å². The number of allylic oxidation sites excluding steroid dienone is 2. The molecule has 1 aromatic heterocycles. The minimum atomic E-state index is 0.122. The molecule has 1 aromatic carbocycles. The van der Waals surface area contributed by atoms with Crippen LogP contribution in [0.2, 0.25) is 0 Å². The van der Waals surface area contributed by atoms with Gasteiger partial charge >= 0.3 is 0 Å². The summed E-state index contributed by atoms with van der Waals surface area (Å²) in [5, 5.41) is 1.89. The van der Waals surface area contributed by atoms with Gasteiger partial charge in [0, 0.05) is 22.2 Å². The Bertz CT molecular complexity index is 765. The van der Waals surface area contributed by atoms with E-state index in [0.717, 1.165) is 33.7 Å². The lowest BCUT2D eigenvalue weighted by molar-refractivity contribution is 0.576. The number of benzene rings is 1. The average Bonchev–Trinajstić information content (AvgIpc) is 2.78. The third-order valence-electron chi connectivity index (χ3n) is 3.35. The Labute approximate surface area is 119 Å². The van der Waals surface area contributed by atoms with Crippen LogP contribution in [0.15, 0.2) is 40.8 Å². The molecule has 0 aliphatic heterocycles. The van der Waals surface area contributed by atoms with E-state index in [-0.39, 0.29) is 6.04 Å². The number of nitrogens with two attached hydrogens (primary N) is 1. The van der Waals surface area contributed by atoms with Crippen LogP contribution in [-0.4, -0.2) is 6.04 Å². The highest BCUT2D eigenvalue weighted by atomic mass is 16.3. The van der Waals surface area contributed by atoms with Crippen LogP contribution < -0.4 is 16.4 Å².